The van der Waals surface area contributed by atoms with Crippen molar-refractivity contribution in [2.45, 2.75) is 26.2 Å². The molecule has 51 heavy (non-hydrogen) atoms. The van der Waals surface area contributed by atoms with Crippen molar-refractivity contribution < 1.29 is 4.42 Å². The van der Waals surface area contributed by atoms with Gasteiger partial charge in [-0.1, -0.05) is 118 Å². The Morgan fingerprint density at radius 3 is 2.04 bits per heavy atom. The molecule has 244 valence electrons. The molecule has 4 nitrogen and oxygen atoms in total. The molecule has 0 aliphatic heterocycles. The smallest absolute Gasteiger partial charge is 0.145 e. The number of para-hydroxylation sites is 5. The van der Waals surface area contributed by atoms with E-state index in [1.54, 1.807) is 0 Å². The molecule has 0 aliphatic carbocycles. The number of fused-ring (bicyclic) bond motifs is 7. The number of hydrogen-bond donors (Lipinski definition) is 0. The highest BCUT2D eigenvalue weighted by Crippen LogP contribution is 2.40. The highest BCUT2D eigenvalue weighted by atomic mass is 16.3. The monoisotopic (exact) mass is 657 g/mol. The summed E-state index contributed by atoms with van der Waals surface area (Å²) in [5.41, 5.74) is 13.1. The van der Waals surface area contributed by atoms with Crippen LogP contribution in [0.25, 0.3) is 88.7 Å². The predicted octanol–water partition coefficient (Wildman–Crippen LogP) is 12.7. The van der Waals surface area contributed by atoms with Crippen molar-refractivity contribution in [3.8, 4) is 33.9 Å². The van der Waals surface area contributed by atoms with Crippen LogP contribution in [-0.2, 0) is 5.41 Å². The summed E-state index contributed by atoms with van der Waals surface area (Å²) in [6.07, 6.45) is 0. The number of benzene rings is 7. The summed E-state index contributed by atoms with van der Waals surface area (Å²) in [5, 5.41) is 4.69. The maximum atomic E-state index is 6.44. The predicted molar refractivity (Wildman–Crippen MR) is 212 cm³/mol. The molecular weight excluding hydrogens is 623 g/mol. The number of imidazole rings is 1. The summed E-state index contributed by atoms with van der Waals surface area (Å²) < 4.78 is 11.1. The lowest BCUT2D eigenvalue weighted by Crippen LogP contribution is -2.11. The van der Waals surface area contributed by atoms with E-state index in [0.29, 0.717) is 0 Å². The zero-order valence-corrected chi connectivity index (χ0v) is 28.8. The second-order valence-corrected chi connectivity index (χ2v) is 14.5. The third-order valence-electron chi connectivity index (χ3n) is 10.3. The fourth-order valence-corrected chi connectivity index (χ4v) is 7.77. The minimum Gasteiger partial charge on any atom is -0.455 e. The molecule has 3 aromatic heterocycles. The summed E-state index contributed by atoms with van der Waals surface area (Å²) in [7, 11) is 0. The van der Waals surface area contributed by atoms with E-state index >= 15 is 0 Å². The molecule has 10 aromatic rings. The zero-order valence-electron chi connectivity index (χ0n) is 28.8. The molecular formula is C47H35N3O. The molecule has 10 rings (SSSR count). The van der Waals surface area contributed by atoms with Gasteiger partial charge in [-0.2, -0.15) is 0 Å². The Labute approximate surface area is 295 Å². The van der Waals surface area contributed by atoms with Gasteiger partial charge >= 0.3 is 0 Å². The van der Waals surface area contributed by atoms with Gasteiger partial charge in [-0.25, -0.2) is 4.98 Å². The largest absolute Gasteiger partial charge is 0.455 e. The Kier molecular flexibility index (Phi) is 6.40. The number of nitrogens with zero attached hydrogens (tertiary/aromatic N) is 3. The highest BCUT2D eigenvalue weighted by molar-refractivity contribution is 6.13. The molecule has 3 heterocycles. The number of furan rings is 1. The van der Waals surface area contributed by atoms with Gasteiger partial charge in [0.25, 0.3) is 0 Å². The normalized spacial score (nSPS) is 12.2. The van der Waals surface area contributed by atoms with Crippen molar-refractivity contribution in [3.63, 3.8) is 0 Å². The van der Waals surface area contributed by atoms with Gasteiger partial charge in [-0.05, 0) is 77.2 Å². The molecule has 0 bridgehead atoms. The van der Waals surface area contributed by atoms with Gasteiger partial charge in [-0.15, -0.1) is 0 Å². The molecule has 0 aliphatic rings. The second kappa shape index (κ2) is 11.1. The summed E-state index contributed by atoms with van der Waals surface area (Å²) in [4.78, 5) is 5.21. The molecule has 0 unspecified atom stereocenters. The van der Waals surface area contributed by atoms with E-state index in [1.807, 2.05) is 12.1 Å². The van der Waals surface area contributed by atoms with Gasteiger partial charge in [0.05, 0.1) is 22.1 Å². The van der Waals surface area contributed by atoms with E-state index in [4.69, 9.17) is 9.40 Å². The van der Waals surface area contributed by atoms with Gasteiger partial charge in [0, 0.05) is 44.0 Å². The van der Waals surface area contributed by atoms with Gasteiger partial charge in [0.2, 0.25) is 0 Å². The standard InChI is InChI=1S/C47H35N3O/c1-47(2,3)32-23-25-33(26-24-32)50-43-20-8-6-18-40(43)48-46(50)31-12-10-13-34(28-31)49-41-19-7-4-14-36(41)39-29-30(22-27-42(39)49)35-16-11-17-38-37-15-5-9-21-44(37)51-45(35)38/h4-29H,1-3H3. The van der Waals surface area contributed by atoms with Gasteiger partial charge in [0.1, 0.15) is 17.0 Å². The highest BCUT2D eigenvalue weighted by Gasteiger charge is 2.20. The fraction of sp³-hybridized carbons (Fsp3) is 0.0851. The van der Waals surface area contributed by atoms with E-state index in [0.717, 1.165) is 77.9 Å². The van der Waals surface area contributed by atoms with E-state index < -0.39 is 0 Å². The van der Waals surface area contributed by atoms with Crippen LogP contribution >= 0.6 is 0 Å². The lowest BCUT2D eigenvalue weighted by atomic mass is 9.87. The summed E-state index contributed by atoms with van der Waals surface area (Å²) in [6, 6.07) is 56.3. The maximum absolute atomic E-state index is 6.44. The molecule has 4 heteroatoms. The molecule has 7 aromatic carbocycles. The van der Waals surface area contributed by atoms with E-state index in [-0.39, 0.29) is 5.41 Å². The van der Waals surface area contributed by atoms with Crippen LogP contribution in [0, 0.1) is 0 Å². The SMILES string of the molecule is CC(C)(C)c1ccc(-n2c(-c3cccc(-n4c5ccccc5c5cc(-c6cccc7c6oc6ccccc67)ccc54)c3)nc3ccccc32)cc1. The molecule has 0 N–H and O–H groups in total. The zero-order chi connectivity index (χ0) is 34.3. The minimum atomic E-state index is 0.0799. The first-order chi connectivity index (χ1) is 24.9. The Morgan fingerprint density at radius 2 is 1.20 bits per heavy atom. The lowest BCUT2D eigenvalue weighted by molar-refractivity contribution is 0.590. The average molecular weight is 658 g/mol. The first-order valence-electron chi connectivity index (χ1n) is 17.6. The molecule has 0 atom stereocenters. The van der Waals surface area contributed by atoms with Crippen molar-refractivity contribution >= 4 is 54.8 Å². The first-order valence-corrected chi connectivity index (χ1v) is 17.6. The Balaban J connectivity index is 1.14. The lowest BCUT2D eigenvalue weighted by Gasteiger charge is -2.19. The minimum absolute atomic E-state index is 0.0799. The van der Waals surface area contributed by atoms with Crippen LogP contribution < -0.4 is 0 Å². The number of aromatic nitrogens is 3. The molecule has 0 spiro atoms. The Morgan fingerprint density at radius 1 is 0.490 bits per heavy atom. The first kappa shape index (κ1) is 29.5. The maximum Gasteiger partial charge on any atom is 0.145 e. The van der Waals surface area contributed by atoms with Crippen molar-refractivity contribution in [1.82, 2.24) is 14.1 Å². The van der Waals surface area contributed by atoms with Crippen molar-refractivity contribution in [3.05, 3.63) is 163 Å². The van der Waals surface area contributed by atoms with Crippen LogP contribution in [0.3, 0.4) is 0 Å². The number of rotatable bonds is 4. The third kappa shape index (κ3) is 4.64. The second-order valence-electron chi connectivity index (χ2n) is 14.5. The van der Waals surface area contributed by atoms with Crippen molar-refractivity contribution in [1.29, 1.82) is 0 Å². The quantitative estimate of drug-likeness (QED) is 0.189. The third-order valence-corrected chi connectivity index (χ3v) is 10.3. The molecule has 0 radical (unpaired) electrons. The van der Waals surface area contributed by atoms with Gasteiger partial charge in [-0.3, -0.25) is 4.57 Å². The van der Waals surface area contributed by atoms with Crippen molar-refractivity contribution in [2.24, 2.45) is 0 Å². The summed E-state index contributed by atoms with van der Waals surface area (Å²) in [6.45, 7) is 6.76. The van der Waals surface area contributed by atoms with Crippen LogP contribution in [0.4, 0.5) is 0 Å². The van der Waals surface area contributed by atoms with Crippen molar-refractivity contribution in [2.75, 3.05) is 0 Å². The Hall–Kier alpha value is -6.39. The Bertz CT molecular complexity index is 2950. The van der Waals surface area contributed by atoms with Crippen LogP contribution in [0.2, 0.25) is 0 Å². The van der Waals surface area contributed by atoms with Gasteiger partial charge < -0.3 is 8.98 Å². The van der Waals surface area contributed by atoms with Crippen LogP contribution in [-0.4, -0.2) is 14.1 Å². The number of hydrogen-bond acceptors (Lipinski definition) is 2. The average Bonchev–Trinajstić information content (AvgIpc) is 3.84. The molecule has 0 saturated heterocycles. The van der Waals surface area contributed by atoms with Crippen LogP contribution in [0.1, 0.15) is 26.3 Å². The molecule has 0 amide bonds. The molecule has 0 fully saturated rings. The molecule has 0 saturated carbocycles. The van der Waals surface area contributed by atoms with E-state index in [9.17, 15) is 0 Å². The fourth-order valence-electron chi connectivity index (χ4n) is 7.77. The topological polar surface area (TPSA) is 35.9 Å². The summed E-state index contributed by atoms with van der Waals surface area (Å²) >= 11 is 0. The van der Waals surface area contributed by atoms with Crippen LogP contribution in [0.15, 0.2) is 162 Å². The van der Waals surface area contributed by atoms with E-state index in [2.05, 4.69) is 175 Å². The van der Waals surface area contributed by atoms with Gasteiger partial charge in [0.15, 0.2) is 0 Å². The van der Waals surface area contributed by atoms with Crippen LogP contribution in [0.5, 0.6) is 0 Å². The van der Waals surface area contributed by atoms with E-state index in [1.165, 1.54) is 16.3 Å². The summed E-state index contributed by atoms with van der Waals surface area (Å²) in [5.74, 6) is 0.920.